The summed E-state index contributed by atoms with van der Waals surface area (Å²) in [6.45, 7) is 9.15. The summed E-state index contributed by atoms with van der Waals surface area (Å²) in [4.78, 5) is 0. The van der Waals surface area contributed by atoms with Gasteiger partial charge >= 0.3 is 0 Å². The van der Waals surface area contributed by atoms with Gasteiger partial charge in [-0.3, -0.25) is 0 Å². The Kier molecular flexibility index (Phi) is 5.22. The van der Waals surface area contributed by atoms with Crippen LogP contribution in [-0.4, -0.2) is 44.8 Å². The Labute approximate surface area is 170 Å². The van der Waals surface area contributed by atoms with E-state index < -0.39 is 5.60 Å². The summed E-state index contributed by atoms with van der Waals surface area (Å²) in [6, 6.07) is 0. The highest BCUT2D eigenvalue weighted by Crippen LogP contribution is 2.76. The van der Waals surface area contributed by atoms with Crippen LogP contribution < -0.4 is 0 Å². The first-order valence-electron chi connectivity index (χ1n) is 11.8. The summed E-state index contributed by atoms with van der Waals surface area (Å²) < 4.78 is 0. The molecule has 11 unspecified atom stereocenters. The average molecular weight is 395 g/mol. The third-order valence-electron chi connectivity index (χ3n) is 10.1. The summed E-state index contributed by atoms with van der Waals surface area (Å²) in [5.74, 6) is 3.35. The molecule has 5 rings (SSSR count). The largest absolute Gasteiger partial charge is 0.396 e. The van der Waals surface area contributed by atoms with Crippen LogP contribution in [-0.2, 0) is 0 Å². The van der Waals surface area contributed by atoms with Gasteiger partial charge in [-0.15, -0.1) is 0 Å². The van der Waals surface area contributed by atoms with E-state index in [4.69, 9.17) is 5.11 Å². The molecule has 5 fully saturated rings. The van der Waals surface area contributed by atoms with Crippen LogP contribution in [0.5, 0.6) is 0 Å². The minimum absolute atomic E-state index is 0.0350. The van der Waals surface area contributed by atoms with E-state index >= 15 is 0 Å². The number of hydrogen-bond donors (Lipinski definition) is 4. The van der Waals surface area contributed by atoms with Gasteiger partial charge in [-0.05, 0) is 91.3 Å². The minimum atomic E-state index is -0.646. The van der Waals surface area contributed by atoms with Crippen molar-refractivity contribution < 1.29 is 20.4 Å². The molecular formula is C24H42O4. The maximum Gasteiger partial charge on any atom is 0.0759 e. The van der Waals surface area contributed by atoms with E-state index in [1.165, 1.54) is 6.42 Å². The van der Waals surface area contributed by atoms with Gasteiger partial charge in [0.25, 0.3) is 0 Å². The van der Waals surface area contributed by atoms with Crippen molar-refractivity contribution in [1.82, 2.24) is 0 Å². The highest BCUT2D eigenvalue weighted by molar-refractivity contribution is 5.23. The van der Waals surface area contributed by atoms with E-state index in [1.54, 1.807) is 0 Å². The highest BCUT2D eigenvalue weighted by Gasteiger charge is 2.74. The zero-order valence-corrected chi connectivity index (χ0v) is 18.3. The standard InChI is InChI=1S/C21H34O3.C3H8O/c1-11-8-16-17-13-9-15(13)21(24)10-12(22)4-7-20(21,3)14(17)5-6-19(16,2)18(11)23;1-2-3-4/h11-18,22-24H,4-10H2,1-3H3;4H,2-3H2,1H3. The number of hydrogen-bond acceptors (Lipinski definition) is 4. The van der Waals surface area contributed by atoms with Gasteiger partial charge in [-0.2, -0.15) is 0 Å². The minimum Gasteiger partial charge on any atom is -0.396 e. The molecule has 0 amide bonds. The highest BCUT2D eigenvalue weighted by atomic mass is 16.3. The molecule has 5 saturated carbocycles. The molecule has 4 nitrogen and oxygen atoms in total. The van der Waals surface area contributed by atoms with E-state index in [-0.39, 0.29) is 23.0 Å². The van der Waals surface area contributed by atoms with Gasteiger partial charge in [0.1, 0.15) is 0 Å². The molecule has 0 aromatic carbocycles. The second-order valence-corrected chi connectivity index (χ2v) is 11.5. The van der Waals surface area contributed by atoms with E-state index in [1.807, 2.05) is 6.92 Å². The molecule has 0 aliphatic heterocycles. The lowest BCUT2D eigenvalue weighted by atomic mass is 9.43. The Balaban J connectivity index is 0.000000442. The Hall–Kier alpha value is -0.160. The Morgan fingerprint density at radius 3 is 2.29 bits per heavy atom. The van der Waals surface area contributed by atoms with Gasteiger partial charge in [0.15, 0.2) is 0 Å². The van der Waals surface area contributed by atoms with E-state index in [0.717, 1.165) is 38.5 Å². The van der Waals surface area contributed by atoms with Crippen LogP contribution in [0.1, 0.15) is 79.1 Å². The number of aliphatic hydroxyl groups is 4. The van der Waals surface area contributed by atoms with Gasteiger partial charge < -0.3 is 20.4 Å². The Bertz CT molecular complexity index is 593. The predicted octanol–water partition coefficient (Wildman–Crippen LogP) is 3.36. The first-order chi connectivity index (χ1) is 13.1. The zero-order valence-electron chi connectivity index (χ0n) is 18.3. The van der Waals surface area contributed by atoms with Crippen LogP contribution in [0.4, 0.5) is 0 Å². The molecule has 28 heavy (non-hydrogen) atoms. The molecule has 5 aliphatic carbocycles. The van der Waals surface area contributed by atoms with Crippen molar-refractivity contribution in [1.29, 1.82) is 0 Å². The number of aliphatic hydroxyl groups excluding tert-OH is 3. The Morgan fingerprint density at radius 1 is 0.964 bits per heavy atom. The van der Waals surface area contributed by atoms with E-state index in [2.05, 4.69) is 20.8 Å². The van der Waals surface area contributed by atoms with Gasteiger partial charge in [-0.25, -0.2) is 0 Å². The van der Waals surface area contributed by atoms with Crippen LogP contribution in [0.15, 0.2) is 0 Å². The van der Waals surface area contributed by atoms with Crippen molar-refractivity contribution in [2.24, 2.45) is 46.3 Å². The molecule has 4 heteroatoms. The van der Waals surface area contributed by atoms with Gasteiger partial charge in [0.2, 0.25) is 0 Å². The molecule has 0 saturated heterocycles. The summed E-state index contributed by atoms with van der Waals surface area (Å²) in [5, 5.41) is 40.6. The van der Waals surface area contributed by atoms with Crippen LogP contribution in [0.2, 0.25) is 0 Å². The van der Waals surface area contributed by atoms with Crippen LogP contribution in [0.25, 0.3) is 0 Å². The maximum absolute atomic E-state index is 11.7. The molecule has 4 N–H and O–H groups in total. The van der Waals surface area contributed by atoms with Gasteiger partial charge in [0.05, 0.1) is 17.8 Å². The molecule has 0 aromatic rings. The normalized spacial score (nSPS) is 59.1. The van der Waals surface area contributed by atoms with Crippen molar-refractivity contribution in [3.63, 3.8) is 0 Å². The van der Waals surface area contributed by atoms with Crippen molar-refractivity contribution in [3.8, 4) is 0 Å². The lowest BCUT2D eigenvalue weighted by molar-refractivity contribution is -0.227. The van der Waals surface area contributed by atoms with Crippen LogP contribution in [0.3, 0.4) is 0 Å². The summed E-state index contributed by atoms with van der Waals surface area (Å²) in [5.41, 5.74) is -0.590. The molecule has 0 bridgehead atoms. The van der Waals surface area contributed by atoms with E-state index in [9.17, 15) is 15.3 Å². The van der Waals surface area contributed by atoms with Gasteiger partial charge in [-0.1, -0.05) is 27.7 Å². The van der Waals surface area contributed by atoms with Crippen LogP contribution >= 0.6 is 0 Å². The van der Waals surface area contributed by atoms with Crippen molar-refractivity contribution in [2.75, 3.05) is 6.61 Å². The first kappa shape index (κ1) is 21.1. The summed E-state index contributed by atoms with van der Waals surface area (Å²) >= 11 is 0. The fourth-order valence-electron chi connectivity index (χ4n) is 8.53. The van der Waals surface area contributed by atoms with Gasteiger partial charge in [0, 0.05) is 13.0 Å². The topological polar surface area (TPSA) is 80.9 Å². The lowest BCUT2D eigenvalue weighted by Gasteiger charge is -2.63. The third kappa shape index (κ3) is 2.70. The van der Waals surface area contributed by atoms with E-state index in [0.29, 0.717) is 48.5 Å². The molecule has 0 aromatic heterocycles. The predicted molar refractivity (Wildman–Crippen MR) is 109 cm³/mol. The zero-order chi connectivity index (χ0) is 20.5. The molecule has 11 atom stereocenters. The number of rotatable bonds is 1. The average Bonchev–Trinajstić information content (AvgIpc) is 3.43. The fraction of sp³-hybridized carbons (Fsp3) is 1.00. The first-order valence-corrected chi connectivity index (χ1v) is 11.8. The lowest BCUT2D eigenvalue weighted by Crippen LogP contribution is -2.64. The molecule has 0 heterocycles. The summed E-state index contributed by atoms with van der Waals surface area (Å²) in [7, 11) is 0. The molecule has 162 valence electrons. The Morgan fingerprint density at radius 2 is 1.64 bits per heavy atom. The van der Waals surface area contributed by atoms with Crippen LogP contribution in [0, 0.1) is 46.3 Å². The molecule has 5 aliphatic rings. The smallest absolute Gasteiger partial charge is 0.0759 e. The quantitative estimate of drug-likeness (QED) is 0.550. The maximum atomic E-state index is 11.7. The number of fused-ring (bicyclic) bond motifs is 8. The van der Waals surface area contributed by atoms with Crippen molar-refractivity contribution >= 4 is 0 Å². The van der Waals surface area contributed by atoms with Crippen molar-refractivity contribution in [2.45, 2.75) is 96.9 Å². The molecule has 0 spiro atoms. The SMILES string of the molecule is CC1CC2C3C4CC4C4(O)CC(O)CCC4(C)C3CCC2(C)C1O.CCCO. The monoisotopic (exact) mass is 394 g/mol. The second-order valence-electron chi connectivity index (χ2n) is 11.5. The summed E-state index contributed by atoms with van der Waals surface area (Å²) in [6.07, 6.45) is 7.39. The third-order valence-corrected chi connectivity index (χ3v) is 10.1. The second kappa shape index (κ2) is 6.93. The van der Waals surface area contributed by atoms with Crippen molar-refractivity contribution in [3.05, 3.63) is 0 Å². The molecular weight excluding hydrogens is 352 g/mol. The molecule has 0 radical (unpaired) electrons. The fourth-order valence-corrected chi connectivity index (χ4v) is 8.53.